The number of carbonyl (C=O) groups is 1. The molecule has 1 aliphatic heterocycles. The van der Waals surface area contributed by atoms with Crippen LogP contribution in [0.3, 0.4) is 0 Å². The maximum absolute atomic E-state index is 13.8. The third-order valence-electron chi connectivity index (χ3n) is 4.24. The van der Waals surface area contributed by atoms with E-state index in [2.05, 4.69) is 20.5 Å². The molecule has 132 valence electrons. The number of hydrogen-bond donors (Lipinski definition) is 2. The minimum absolute atomic E-state index is 0.0189. The van der Waals surface area contributed by atoms with Gasteiger partial charge in [0.1, 0.15) is 5.82 Å². The number of anilines is 2. The van der Waals surface area contributed by atoms with Crippen LogP contribution < -0.4 is 20.3 Å². The summed E-state index contributed by atoms with van der Waals surface area (Å²) < 4.78 is 18.7. The second kappa shape index (κ2) is 7.38. The van der Waals surface area contributed by atoms with Crippen molar-refractivity contribution in [3.05, 3.63) is 47.9 Å². The summed E-state index contributed by atoms with van der Waals surface area (Å²) in [6, 6.07) is 8.26. The summed E-state index contributed by atoms with van der Waals surface area (Å²) in [6.45, 7) is 3.31. The van der Waals surface area contributed by atoms with Crippen LogP contribution in [0.2, 0.25) is 0 Å². The molecule has 25 heavy (non-hydrogen) atoms. The zero-order valence-corrected chi connectivity index (χ0v) is 14.3. The maximum atomic E-state index is 13.8. The number of amides is 2. The zero-order valence-electron chi connectivity index (χ0n) is 14.3. The number of rotatable bonds is 4. The predicted octanol–water partition coefficient (Wildman–Crippen LogP) is 2.94. The first-order valence-corrected chi connectivity index (χ1v) is 8.14. The maximum Gasteiger partial charge on any atom is 0.319 e. The van der Waals surface area contributed by atoms with Crippen molar-refractivity contribution < 1.29 is 13.9 Å². The lowest BCUT2D eigenvalue weighted by Gasteiger charge is -2.18. The third kappa shape index (κ3) is 3.99. The molecule has 6 nitrogen and oxygen atoms in total. The summed E-state index contributed by atoms with van der Waals surface area (Å²) in [7, 11) is 1.41. The van der Waals surface area contributed by atoms with Gasteiger partial charge in [-0.2, -0.15) is 0 Å². The Morgan fingerprint density at radius 1 is 1.40 bits per heavy atom. The Bertz CT molecular complexity index is 754. The molecular formula is C18H21FN4O2. The molecule has 7 heteroatoms. The van der Waals surface area contributed by atoms with Crippen LogP contribution in [0.4, 0.5) is 20.7 Å². The fourth-order valence-electron chi connectivity index (χ4n) is 2.92. The van der Waals surface area contributed by atoms with Crippen molar-refractivity contribution in [3.8, 4) is 5.75 Å². The Kier molecular flexibility index (Phi) is 5.02. The predicted molar refractivity (Wildman–Crippen MR) is 94.7 cm³/mol. The number of carbonyl (C=O) groups excluding carboxylic acids is 1. The Labute approximate surface area is 146 Å². The molecule has 1 atom stereocenters. The molecule has 1 aromatic carbocycles. The summed E-state index contributed by atoms with van der Waals surface area (Å²) in [6.07, 6.45) is 2.59. The van der Waals surface area contributed by atoms with Crippen molar-refractivity contribution in [2.45, 2.75) is 19.4 Å². The minimum Gasteiger partial charge on any atom is -0.494 e. The van der Waals surface area contributed by atoms with Gasteiger partial charge in [-0.25, -0.2) is 14.2 Å². The number of pyridine rings is 1. The molecule has 1 saturated heterocycles. The van der Waals surface area contributed by atoms with Gasteiger partial charge in [0.2, 0.25) is 0 Å². The quantitative estimate of drug-likeness (QED) is 0.895. The number of ether oxygens (including phenoxy) is 1. The average molecular weight is 344 g/mol. The van der Waals surface area contributed by atoms with Gasteiger partial charge in [0.25, 0.3) is 0 Å². The Morgan fingerprint density at radius 3 is 2.96 bits per heavy atom. The lowest BCUT2D eigenvalue weighted by molar-refractivity contribution is 0.249. The molecule has 2 heterocycles. The number of benzene rings is 1. The van der Waals surface area contributed by atoms with Crippen molar-refractivity contribution in [1.29, 1.82) is 0 Å². The first-order valence-electron chi connectivity index (χ1n) is 8.14. The van der Waals surface area contributed by atoms with E-state index >= 15 is 0 Å². The first kappa shape index (κ1) is 17.0. The summed E-state index contributed by atoms with van der Waals surface area (Å²) in [5, 5.41) is 5.63. The lowest BCUT2D eigenvalue weighted by atomic mass is 10.2. The highest BCUT2D eigenvalue weighted by Gasteiger charge is 2.24. The molecule has 0 saturated carbocycles. The van der Waals surface area contributed by atoms with Gasteiger partial charge in [-0.15, -0.1) is 0 Å². The van der Waals surface area contributed by atoms with Crippen molar-refractivity contribution in [2.24, 2.45) is 0 Å². The highest BCUT2D eigenvalue weighted by atomic mass is 19.1. The van der Waals surface area contributed by atoms with E-state index in [1.807, 2.05) is 18.2 Å². The molecule has 2 aromatic rings. The molecule has 0 bridgehead atoms. The number of nitrogens with one attached hydrogen (secondary N) is 2. The molecule has 1 aromatic heterocycles. The van der Waals surface area contributed by atoms with E-state index in [0.29, 0.717) is 12.2 Å². The van der Waals surface area contributed by atoms with Crippen LogP contribution in [0.25, 0.3) is 0 Å². The lowest BCUT2D eigenvalue weighted by Crippen LogP contribution is -2.40. The van der Waals surface area contributed by atoms with E-state index < -0.39 is 5.82 Å². The van der Waals surface area contributed by atoms with Gasteiger partial charge in [0, 0.05) is 37.1 Å². The van der Waals surface area contributed by atoms with E-state index in [4.69, 9.17) is 4.74 Å². The van der Waals surface area contributed by atoms with Crippen molar-refractivity contribution in [2.75, 3.05) is 30.4 Å². The van der Waals surface area contributed by atoms with Crippen LogP contribution in [0.5, 0.6) is 5.75 Å². The third-order valence-corrected chi connectivity index (χ3v) is 4.24. The molecule has 2 amide bonds. The molecule has 2 N–H and O–H groups in total. The fourth-order valence-corrected chi connectivity index (χ4v) is 2.92. The van der Waals surface area contributed by atoms with E-state index in [1.54, 1.807) is 19.2 Å². The Hall–Kier alpha value is -2.83. The highest BCUT2D eigenvalue weighted by molar-refractivity contribution is 5.90. The standard InChI is InChI=1S/C18H21FN4O2/c1-12-9-16(25-2)14(19)10-15(12)22-18(24)21-13-6-8-23(11-13)17-5-3-4-7-20-17/h3-5,7,9-10,13H,6,8,11H2,1-2H3,(H2,21,22,24)/t13-/m0/s1. The van der Waals surface area contributed by atoms with Crippen LogP contribution in [0.15, 0.2) is 36.5 Å². The molecule has 0 spiro atoms. The minimum atomic E-state index is -0.509. The molecule has 1 aliphatic rings. The van der Waals surface area contributed by atoms with E-state index in [9.17, 15) is 9.18 Å². The van der Waals surface area contributed by atoms with Crippen LogP contribution in [-0.2, 0) is 0 Å². The Morgan fingerprint density at radius 2 is 2.24 bits per heavy atom. The normalized spacial score (nSPS) is 16.6. The van der Waals surface area contributed by atoms with Crippen LogP contribution in [0, 0.1) is 12.7 Å². The topological polar surface area (TPSA) is 66.5 Å². The second-order valence-electron chi connectivity index (χ2n) is 6.02. The first-order chi connectivity index (χ1) is 12.1. The average Bonchev–Trinajstić information content (AvgIpc) is 3.07. The van der Waals surface area contributed by atoms with Crippen molar-refractivity contribution in [3.63, 3.8) is 0 Å². The second-order valence-corrected chi connectivity index (χ2v) is 6.02. The van der Waals surface area contributed by atoms with Gasteiger partial charge in [0.15, 0.2) is 11.6 Å². The zero-order chi connectivity index (χ0) is 17.8. The number of urea groups is 1. The van der Waals surface area contributed by atoms with Gasteiger partial charge in [-0.05, 0) is 37.1 Å². The Balaban J connectivity index is 1.58. The summed E-state index contributed by atoms with van der Waals surface area (Å²) in [4.78, 5) is 18.7. The van der Waals surface area contributed by atoms with Crippen molar-refractivity contribution in [1.82, 2.24) is 10.3 Å². The smallest absolute Gasteiger partial charge is 0.319 e. The number of nitrogens with zero attached hydrogens (tertiary/aromatic N) is 2. The van der Waals surface area contributed by atoms with E-state index in [1.165, 1.54) is 13.2 Å². The van der Waals surface area contributed by atoms with Gasteiger partial charge in [-0.1, -0.05) is 6.07 Å². The monoisotopic (exact) mass is 344 g/mol. The van der Waals surface area contributed by atoms with Crippen LogP contribution in [0.1, 0.15) is 12.0 Å². The number of aromatic nitrogens is 1. The number of hydrogen-bond acceptors (Lipinski definition) is 4. The number of methoxy groups -OCH3 is 1. The number of halogens is 1. The summed E-state index contributed by atoms with van der Waals surface area (Å²) in [5.74, 6) is 0.552. The van der Waals surface area contributed by atoms with E-state index in [0.717, 1.165) is 24.3 Å². The van der Waals surface area contributed by atoms with Gasteiger partial charge < -0.3 is 20.3 Å². The van der Waals surface area contributed by atoms with Gasteiger partial charge >= 0.3 is 6.03 Å². The fraction of sp³-hybridized carbons (Fsp3) is 0.333. The molecular weight excluding hydrogens is 323 g/mol. The van der Waals surface area contributed by atoms with Gasteiger partial charge in [0.05, 0.1) is 7.11 Å². The number of aryl methyl sites for hydroxylation is 1. The van der Waals surface area contributed by atoms with Crippen LogP contribution >= 0.6 is 0 Å². The molecule has 1 fully saturated rings. The molecule has 3 rings (SSSR count). The SMILES string of the molecule is COc1cc(C)c(NC(=O)N[C@H]2CCN(c3ccccn3)C2)cc1F. The largest absolute Gasteiger partial charge is 0.494 e. The van der Waals surface area contributed by atoms with E-state index in [-0.39, 0.29) is 17.8 Å². The molecule has 0 aliphatic carbocycles. The molecule has 0 unspecified atom stereocenters. The molecule has 0 radical (unpaired) electrons. The van der Waals surface area contributed by atoms with Gasteiger partial charge in [-0.3, -0.25) is 0 Å². The summed E-state index contributed by atoms with van der Waals surface area (Å²) in [5.41, 5.74) is 1.16. The highest BCUT2D eigenvalue weighted by Crippen LogP contribution is 2.25. The summed E-state index contributed by atoms with van der Waals surface area (Å²) >= 11 is 0. The van der Waals surface area contributed by atoms with Crippen molar-refractivity contribution >= 4 is 17.5 Å². The van der Waals surface area contributed by atoms with Crippen LogP contribution in [-0.4, -0.2) is 37.3 Å².